The van der Waals surface area contributed by atoms with Gasteiger partial charge in [0.25, 0.3) is 5.91 Å². The summed E-state index contributed by atoms with van der Waals surface area (Å²) in [7, 11) is 0. The smallest absolute Gasteiger partial charge is 0.256 e. The Kier molecular flexibility index (Phi) is 4.41. The second-order valence-corrected chi connectivity index (χ2v) is 7.39. The van der Waals surface area contributed by atoms with Crippen LogP contribution in [-0.4, -0.2) is 38.7 Å². The number of pyridine rings is 1. The third kappa shape index (κ3) is 2.86. The monoisotopic (exact) mass is 368 g/mol. The molecule has 1 fully saturated rings. The van der Waals surface area contributed by atoms with Crippen LogP contribution in [0.1, 0.15) is 35.8 Å². The predicted molar refractivity (Wildman–Crippen MR) is 103 cm³/mol. The van der Waals surface area contributed by atoms with Crippen molar-refractivity contribution < 1.29 is 4.79 Å². The maximum absolute atomic E-state index is 13.0. The van der Waals surface area contributed by atoms with Gasteiger partial charge in [-0.05, 0) is 37.8 Å². The van der Waals surface area contributed by atoms with Gasteiger partial charge in [0, 0.05) is 19.3 Å². The van der Waals surface area contributed by atoms with Gasteiger partial charge in [-0.25, -0.2) is 9.67 Å². The molecule has 0 bridgehead atoms. The summed E-state index contributed by atoms with van der Waals surface area (Å²) < 4.78 is 1.77. The molecule has 0 aliphatic carbocycles. The highest BCUT2D eigenvalue weighted by Gasteiger charge is 2.26. The van der Waals surface area contributed by atoms with E-state index in [4.69, 9.17) is 11.6 Å². The zero-order valence-electron chi connectivity index (χ0n) is 14.9. The lowest BCUT2D eigenvalue weighted by Gasteiger charge is -2.31. The van der Waals surface area contributed by atoms with Gasteiger partial charge in [-0.15, -0.1) is 0 Å². The number of carbonyl (C=O) groups is 1. The number of hydrogen-bond acceptors (Lipinski definition) is 3. The summed E-state index contributed by atoms with van der Waals surface area (Å²) in [6.07, 6.45) is 3.79. The topological polar surface area (TPSA) is 51.0 Å². The van der Waals surface area contributed by atoms with Gasteiger partial charge >= 0.3 is 0 Å². The van der Waals surface area contributed by atoms with Crippen molar-refractivity contribution in [3.8, 4) is 5.69 Å². The molecular formula is C20H21ClN4O. The van der Waals surface area contributed by atoms with Crippen LogP contribution in [0.25, 0.3) is 16.7 Å². The second-order valence-electron chi connectivity index (χ2n) is 7.02. The number of fused-ring (bicyclic) bond motifs is 1. The maximum Gasteiger partial charge on any atom is 0.256 e. The molecule has 0 radical (unpaired) electrons. The molecule has 1 aliphatic rings. The molecule has 5 nitrogen and oxygen atoms in total. The highest BCUT2D eigenvalue weighted by Crippen LogP contribution is 2.31. The number of benzene rings is 1. The summed E-state index contributed by atoms with van der Waals surface area (Å²) in [5.41, 5.74) is 2.81. The Labute approximate surface area is 157 Å². The van der Waals surface area contributed by atoms with Crippen LogP contribution in [-0.2, 0) is 0 Å². The molecule has 0 unspecified atom stereocenters. The Bertz CT molecular complexity index is 967. The molecule has 0 N–H and O–H groups in total. The Hall–Kier alpha value is -2.40. The fraction of sp³-hybridized carbons (Fsp3) is 0.350. The van der Waals surface area contributed by atoms with E-state index < -0.39 is 0 Å². The van der Waals surface area contributed by atoms with Crippen LogP contribution in [0.15, 0.2) is 36.5 Å². The van der Waals surface area contributed by atoms with Crippen molar-refractivity contribution in [2.24, 2.45) is 5.92 Å². The number of likely N-dealkylation sites (tertiary alicyclic amines) is 1. The number of hydrogen-bond donors (Lipinski definition) is 0. The number of piperidine rings is 1. The predicted octanol–water partition coefficient (Wildman–Crippen LogP) is 4.25. The second kappa shape index (κ2) is 6.72. The van der Waals surface area contributed by atoms with Crippen molar-refractivity contribution in [3.05, 3.63) is 52.8 Å². The lowest BCUT2D eigenvalue weighted by molar-refractivity contribution is 0.0683. The van der Waals surface area contributed by atoms with Gasteiger partial charge in [-0.3, -0.25) is 4.79 Å². The van der Waals surface area contributed by atoms with E-state index in [1.165, 1.54) is 0 Å². The van der Waals surface area contributed by atoms with E-state index in [1.54, 1.807) is 10.9 Å². The Morgan fingerprint density at radius 3 is 2.77 bits per heavy atom. The van der Waals surface area contributed by atoms with Gasteiger partial charge in [0.2, 0.25) is 0 Å². The van der Waals surface area contributed by atoms with Crippen molar-refractivity contribution in [1.82, 2.24) is 19.7 Å². The zero-order valence-corrected chi connectivity index (χ0v) is 15.7. The molecule has 3 aromatic rings. The highest BCUT2D eigenvalue weighted by molar-refractivity contribution is 6.38. The molecule has 134 valence electrons. The first-order chi connectivity index (χ1) is 12.6. The van der Waals surface area contributed by atoms with Crippen LogP contribution < -0.4 is 0 Å². The van der Waals surface area contributed by atoms with Gasteiger partial charge in [-0.1, -0.05) is 36.7 Å². The number of para-hydroxylation sites is 1. The van der Waals surface area contributed by atoms with E-state index in [9.17, 15) is 4.79 Å². The largest absolute Gasteiger partial charge is 0.338 e. The quantitative estimate of drug-likeness (QED) is 0.679. The fourth-order valence-electron chi connectivity index (χ4n) is 3.65. The SMILES string of the molecule is Cc1nn(-c2ccccc2)c2ncc(C(=O)N3CCC[C@H](C)C3)c(Cl)c12. The number of rotatable bonds is 2. The lowest BCUT2D eigenvalue weighted by atomic mass is 9.99. The summed E-state index contributed by atoms with van der Waals surface area (Å²) in [5, 5.41) is 5.78. The molecule has 2 aromatic heterocycles. The number of nitrogens with zero attached hydrogens (tertiary/aromatic N) is 4. The minimum absolute atomic E-state index is 0.0391. The third-order valence-electron chi connectivity index (χ3n) is 4.98. The summed E-state index contributed by atoms with van der Waals surface area (Å²) in [6, 6.07) is 9.80. The van der Waals surface area contributed by atoms with Crippen molar-refractivity contribution in [3.63, 3.8) is 0 Å². The molecule has 6 heteroatoms. The molecule has 1 amide bonds. The third-order valence-corrected chi connectivity index (χ3v) is 5.38. The van der Waals surface area contributed by atoms with E-state index in [-0.39, 0.29) is 5.91 Å². The molecule has 4 rings (SSSR count). The van der Waals surface area contributed by atoms with Gasteiger partial charge < -0.3 is 4.90 Å². The molecule has 1 aromatic carbocycles. The summed E-state index contributed by atoms with van der Waals surface area (Å²) in [4.78, 5) is 19.4. The molecule has 1 aliphatic heterocycles. The Morgan fingerprint density at radius 2 is 2.04 bits per heavy atom. The number of aromatic nitrogens is 3. The van der Waals surface area contributed by atoms with Gasteiger partial charge in [0.15, 0.2) is 5.65 Å². The van der Waals surface area contributed by atoms with E-state index in [2.05, 4.69) is 17.0 Å². The maximum atomic E-state index is 13.0. The first-order valence-electron chi connectivity index (χ1n) is 8.95. The Morgan fingerprint density at radius 1 is 1.27 bits per heavy atom. The molecule has 1 atom stereocenters. The number of amides is 1. The Balaban J connectivity index is 1.78. The van der Waals surface area contributed by atoms with Crippen molar-refractivity contribution >= 4 is 28.5 Å². The fourth-order valence-corrected chi connectivity index (χ4v) is 4.00. The van der Waals surface area contributed by atoms with Crippen LogP contribution in [0.4, 0.5) is 0 Å². The van der Waals surface area contributed by atoms with E-state index in [0.29, 0.717) is 22.2 Å². The standard InChI is InChI=1S/C20H21ClN4O/c1-13-7-6-10-24(12-13)20(26)16-11-22-19-17(18(16)21)14(2)23-25(19)15-8-4-3-5-9-15/h3-5,8-9,11,13H,6-7,10,12H2,1-2H3/t13-/m0/s1. The van der Waals surface area contributed by atoms with Crippen LogP contribution in [0, 0.1) is 12.8 Å². The normalized spacial score (nSPS) is 17.7. The molecule has 26 heavy (non-hydrogen) atoms. The van der Waals surface area contributed by atoms with Crippen molar-refractivity contribution in [1.29, 1.82) is 0 Å². The summed E-state index contributed by atoms with van der Waals surface area (Å²) in [6.45, 7) is 5.62. The minimum atomic E-state index is -0.0391. The number of aryl methyl sites for hydroxylation is 1. The minimum Gasteiger partial charge on any atom is -0.338 e. The molecule has 3 heterocycles. The van der Waals surface area contributed by atoms with E-state index in [0.717, 1.165) is 42.7 Å². The van der Waals surface area contributed by atoms with E-state index >= 15 is 0 Å². The number of halogens is 1. The van der Waals surface area contributed by atoms with Gasteiger partial charge in [0.1, 0.15) is 0 Å². The van der Waals surface area contributed by atoms with Crippen LogP contribution >= 0.6 is 11.6 Å². The highest BCUT2D eigenvalue weighted by atomic mass is 35.5. The summed E-state index contributed by atoms with van der Waals surface area (Å²) >= 11 is 6.66. The first-order valence-corrected chi connectivity index (χ1v) is 9.32. The molecule has 1 saturated heterocycles. The van der Waals surface area contributed by atoms with Crippen LogP contribution in [0.3, 0.4) is 0 Å². The van der Waals surface area contributed by atoms with Crippen LogP contribution in [0.2, 0.25) is 5.02 Å². The van der Waals surface area contributed by atoms with E-state index in [1.807, 2.05) is 42.2 Å². The van der Waals surface area contributed by atoms with Gasteiger partial charge in [0.05, 0.1) is 27.4 Å². The molecular weight excluding hydrogens is 348 g/mol. The number of carbonyl (C=O) groups excluding carboxylic acids is 1. The molecule has 0 saturated carbocycles. The van der Waals surface area contributed by atoms with Crippen LogP contribution in [0.5, 0.6) is 0 Å². The molecule has 0 spiro atoms. The van der Waals surface area contributed by atoms with Crippen molar-refractivity contribution in [2.75, 3.05) is 13.1 Å². The average molecular weight is 369 g/mol. The average Bonchev–Trinajstić information content (AvgIpc) is 3.00. The lowest BCUT2D eigenvalue weighted by Crippen LogP contribution is -2.39. The van der Waals surface area contributed by atoms with Crippen molar-refractivity contribution in [2.45, 2.75) is 26.7 Å². The zero-order chi connectivity index (χ0) is 18.3. The van der Waals surface area contributed by atoms with Gasteiger partial charge in [-0.2, -0.15) is 5.10 Å². The first kappa shape index (κ1) is 17.0. The summed E-state index contributed by atoms with van der Waals surface area (Å²) in [5.74, 6) is 0.480.